The maximum Gasteiger partial charge on any atom is 0.126 e. The zero-order valence-corrected chi connectivity index (χ0v) is 6.85. The molecule has 0 amide bonds. The van der Waals surface area contributed by atoms with Crippen LogP contribution in [0.3, 0.4) is 0 Å². The molecule has 0 bridgehead atoms. The van der Waals surface area contributed by atoms with E-state index < -0.39 is 11.6 Å². The Hall–Kier alpha value is -1.45. The van der Waals surface area contributed by atoms with E-state index in [-0.39, 0.29) is 0 Å². The first-order valence-corrected chi connectivity index (χ1v) is 4.01. The molecule has 0 radical (unpaired) electrons. The number of hydrogen-bond donors (Lipinski definition) is 1. The highest BCUT2D eigenvalue weighted by Crippen LogP contribution is 2.12. The van der Waals surface area contributed by atoms with Crippen LogP contribution in [-0.2, 0) is 0 Å². The van der Waals surface area contributed by atoms with E-state index in [0.29, 0.717) is 17.7 Å². The summed E-state index contributed by atoms with van der Waals surface area (Å²) < 4.78 is 25.5. The van der Waals surface area contributed by atoms with Gasteiger partial charge in [-0.25, -0.2) is 8.78 Å². The van der Waals surface area contributed by atoms with E-state index in [1.165, 1.54) is 12.1 Å². The highest BCUT2D eigenvalue weighted by atomic mass is 19.1. The summed E-state index contributed by atoms with van der Waals surface area (Å²) in [5.41, 5.74) is 3.98. The van der Waals surface area contributed by atoms with Gasteiger partial charge in [-0.2, -0.15) is 5.10 Å². The molecule has 0 saturated carbocycles. The van der Waals surface area contributed by atoms with Crippen molar-refractivity contribution in [3.63, 3.8) is 0 Å². The number of halogens is 2. The normalized spacial score (nSPS) is 15.4. The minimum absolute atomic E-state index is 0.516. The van der Waals surface area contributed by atoms with Gasteiger partial charge in [0.2, 0.25) is 0 Å². The Labute approximate surface area is 74.3 Å². The molecule has 1 aromatic rings. The largest absolute Gasteiger partial charge is 0.309 e. The minimum Gasteiger partial charge on any atom is -0.309 e. The maximum absolute atomic E-state index is 12.8. The monoisotopic (exact) mass is 182 g/mol. The third kappa shape index (κ3) is 1.66. The van der Waals surface area contributed by atoms with Gasteiger partial charge in [0, 0.05) is 24.6 Å². The zero-order valence-electron chi connectivity index (χ0n) is 6.85. The molecule has 68 valence electrons. The van der Waals surface area contributed by atoms with E-state index in [1.54, 1.807) is 0 Å². The summed E-state index contributed by atoms with van der Waals surface area (Å²) in [6.07, 6.45) is 0.711. The Morgan fingerprint density at radius 2 is 1.85 bits per heavy atom. The molecule has 13 heavy (non-hydrogen) atoms. The first-order chi connectivity index (χ1) is 6.25. The number of hydrogen-bond acceptors (Lipinski definition) is 2. The van der Waals surface area contributed by atoms with Crippen molar-refractivity contribution in [2.75, 3.05) is 6.54 Å². The van der Waals surface area contributed by atoms with Crippen molar-refractivity contribution in [2.45, 2.75) is 6.42 Å². The lowest BCUT2D eigenvalue weighted by Crippen LogP contribution is -1.99. The lowest BCUT2D eigenvalue weighted by Gasteiger charge is -1.99. The Morgan fingerprint density at radius 1 is 1.15 bits per heavy atom. The van der Waals surface area contributed by atoms with Crippen molar-refractivity contribution in [3.8, 4) is 0 Å². The van der Waals surface area contributed by atoms with Gasteiger partial charge in [0.05, 0.1) is 5.71 Å². The minimum atomic E-state index is -0.565. The number of benzene rings is 1. The fourth-order valence-electron chi connectivity index (χ4n) is 1.31. The Bertz CT molecular complexity index is 340. The number of rotatable bonds is 1. The van der Waals surface area contributed by atoms with Crippen molar-refractivity contribution in [1.82, 2.24) is 5.43 Å². The van der Waals surface area contributed by atoms with Crippen LogP contribution < -0.4 is 5.43 Å². The molecule has 2 rings (SSSR count). The molecular weight excluding hydrogens is 174 g/mol. The third-order valence-electron chi connectivity index (χ3n) is 1.88. The van der Waals surface area contributed by atoms with Crippen LogP contribution in [-0.4, -0.2) is 12.3 Å². The number of hydrazone groups is 1. The van der Waals surface area contributed by atoms with Crippen LogP contribution in [0, 0.1) is 11.6 Å². The molecule has 0 unspecified atom stereocenters. The van der Waals surface area contributed by atoms with Gasteiger partial charge in [0.15, 0.2) is 0 Å². The molecule has 0 spiro atoms. The molecule has 1 aliphatic heterocycles. The molecule has 0 saturated heterocycles. The highest BCUT2D eigenvalue weighted by Gasteiger charge is 2.10. The molecule has 1 N–H and O–H groups in total. The SMILES string of the molecule is Fc1cc(F)cc(C2=NNCC2)c1. The van der Waals surface area contributed by atoms with Crippen molar-refractivity contribution in [3.05, 3.63) is 35.4 Å². The van der Waals surface area contributed by atoms with Crippen LogP contribution in [0.4, 0.5) is 8.78 Å². The van der Waals surface area contributed by atoms with Crippen LogP contribution >= 0.6 is 0 Å². The molecule has 0 fully saturated rings. The van der Waals surface area contributed by atoms with Crippen LogP contribution in [0.25, 0.3) is 0 Å². The van der Waals surface area contributed by atoms with Crippen LogP contribution in [0.15, 0.2) is 23.3 Å². The van der Waals surface area contributed by atoms with Crippen LogP contribution in [0.2, 0.25) is 0 Å². The van der Waals surface area contributed by atoms with Gasteiger partial charge in [0.25, 0.3) is 0 Å². The average molecular weight is 182 g/mol. The smallest absolute Gasteiger partial charge is 0.126 e. The lowest BCUT2D eigenvalue weighted by atomic mass is 10.1. The molecule has 1 aromatic carbocycles. The van der Waals surface area contributed by atoms with Gasteiger partial charge >= 0.3 is 0 Å². The Balaban J connectivity index is 2.39. The maximum atomic E-state index is 12.8. The summed E-state index contributed by atoms with van der Waals surface area (Å²) in [7, 11) is 0. The van der Waals surface area contributed by atoms with Gasteiger partial charge in [-0.3, -0.25) is 0 Å². The number of nitrogens with one attached hydrogen (secondary N) is 1. The summed E-state index contributed by atoms with van der Waals surface area (Å²) in [5.74, 6) is -1.13. The fourth-order valence-corrected chi connectivity index (χ4v) is 1.31. The van der Waals surface area contributed by atoms with Gasteiger partial charge in [-0.15, -0.1) is 0 Å². The first-order valence-electron chi connectivity index (χ1n) is 4.01. The second-order valence-electron chi connectivity index (χ2n) is 2.87. The predicted molar refractivity (Wildman–Crippen MR) is 45.5 cm³/mol. The van der Waals surface area contributed by atoms with Crippen LogP contribution in [0.5, 0.6) is 0 Å². The molecule has 0 aliphatic carbocycles. The molecule has 1 aliphatic rings. The van der Waals surface area contributed by atoms with Crippen molar-refractivity contribution in [2.24, 2.45) is 5.10 Å². The van der Waals surface area contributed by atoms with Crippen molar-refractivity contribution < 1.29 is 8.78 Å². The molecule has 4 heteroatoms. The molecule has 0 aromatic heterocycles. The van der Waals surface area contributed by atoms with Gasteiger partial charge in [-0.05, 0) is 12.1 Å². The highest BCUT2D eigenvalue weighted by molar-refractivity contribution is 6.01. The van der Waals surface area contributed by atoms with Crippen LogP contribution in [0.1, 0.15) is 12.0 Å². The summed E-state index contributed by atoms with van der Waals surface area (Å²) in [5, 5.41) is 3.92. The van der Waals surface area contributed by atoms with Crippen molar-refractivity contribution in [1.29, 1.82) is 0 Å². The van der Waals surface area contributed by atoms with E-state index in [9.17, 15) is 8.78 Å². The zero-order chi connectivity index (χ0) is 9.26. The van der Waals surface area contributed by atoms with E-state index >= 15 is 0 Å². The van der Waals surface area contributed by atoms with Gasteiger partial charge < -0.3 is 5.43 Å². The van der Waals surface area contributed by atoms with E-state index in [2.05, 4.69) is 10.5 Å². The average Bonchev–Trinajstić information content (AvgIpc) is 2.53. The van der Waals surface area contributed by atoms with E-state index in [1.807, 2.05) is 0 Å². The quantitative estimate of drug-likeness (QED) is 0.701. The Kier molecular flexibility index (Phi) is 1.96. The van der Waals surface area contributed by atoms with Crippen molar-refractivity contribution >= 4 is 5.71 Å². The lowest BCUT2D eigenvalue weighted by molar-refractivity contribution is 0.583. The van der Waals surface area contributed by atoms with E-state index in [0.717, 1.165) is 12.6 Å². The molecule has 2 nitrogen and oxygen atoms in total. The van der Waals surface area contributed by atoms with Gasteiger partial charge in [-0.1, -0.05) is 0 Å². The summed E-state index contributed by atoms with van der Waals surface area (Å²) in [6, 6.07) is 3.43. The summed E-state index contributed by atoms with van der Waals surface area (Å²) >= 11 is 0. The standard InChI is InChI=1S/C9H8F2N2/c10-7-3-6(4-8(11)5-7)9-1-2-12-13-9/h3-5,12H,1-2H2. The van der Waals surface area contributed by atoms with Gasteiger partial charge in [0.1, 0.15) is 11.6 Å². The molecular formula is C9H8F2N2. The Morgan fingerprint density at radius 3 is 2.38 bits per heavy atom. The molecule has 1 heterocycles. The fraction of sp³-hybridized carbons (Fsp3) is 0.222. The number of nitrogens with zero attached hydrogens (tertiary/aromatic N) is 1. The van der Waals surface area contributed by atoms with E-state index in [4.69, 9.17) is 0 Å². The predicted octanol–water partition coefficient (Wildman–Crippen LogP) is 1.66. The topological polar surface area (TPSA) is 24.4 Å². The molecule has 0 atom stereocenters. The second kappa shape index (κ2) is 3.12. The third-order valence-corrected chi connectivity index (χ3v) is 1.88. The summed E-state index contributed by atoms with van der Waals surface area (Å²) in [4.78, 5) is 0. The summed E-state index contributed by atoms with van der Waals surface area (Å²) in [6.45, 7) is 0.730. The second-order valence-corrected chi connectivity index (χ2v) is 2.87. The first kappa shape index (κ1) is 8.16.